The van der Waals surface area contributed by atoms with E-state index >= 15 is 0 Å². The molecule has 0 bridgehead atoms. The largest absolute Gasteiger partial charge is 0.364 e. The zero-order valence-electron chi connectivity index (χ0n) is 11.0. The number of piperidine rings is 1. The van der Waals surface area contributed by atoms with Crippen molar-refractivity contribution in [2.75, 3.05) is 36.5 Å². The molecular formula is C14H18BrN3O. The van der Waals surface area contributed by atoms with Crippen molar-refractivity contribution in [3.05, 3.63) is 22.7 Å². The van der Waals surface area contributed by atoms with Crippen molar-refractivity contribution in [3.63, 3.8) is 0 Å². The lowest BCUT2D eigenvalue weighted by Gasteiger charge is -2.41. The molecule has 0 aromatic heterocycles. The molecule has 0 aliphatic carbocycles. The van der Waals surface area contributed by atoms with E-state index in [1.165, 1.54) is 0 Å². The quantitative estimate of drug-likeness (QED) is 0.858. The average molecular weight is 324 g/mol. The van der Waals surface area contributed by atoms with Crippen LogP contribution in [0.5, 0.6) is 0 Å². The fourth-order valence-corrected chi connectivity index (χ4v) is 3.33. The number of hydrogen-bond donors (Lipinski definition) is 1. The second-order valence-corrected chi connectivity index (χ2v) is 6.15. The molecule has 0 radical (unpaired) electrons. The van der Waals surface area contributed by atoms with Crippen molar-refractivity contribution in [3.8, 4) is 0 Å². The van der Waals surface area contributed by atoms with Gasteiger partial charge in [-0.3, -0.25) is 4.79 Å². The Balaban J connectivity index is 2.01. The molecule has 1 saturated heterocycles. The zero-order valence-corrected chi connectivity index (χ0v) is 12.6. The van der Waals surface area contributed by atoms with Gasteiger partial charge in [0.25, 0.3) is 0 Å². The molecule has 1 N–H and O–H groups in total. The second kappa shape index (κ2) is 5.13. The third-order valence-electron chi connectivity index (χ3n) is 3.92. The molecule has 102 valence electrons. The maximum atomic E-state index is 12.4. The monoisotopic (exact) mass is 323 g/mol. The van der Waals surface area contributed by atoms with E-state index < -0.39 is 0 Å². The summed E-state index contributed by atoms with van der Waals surface area (Å²) in [5.74, 6) is 0.208. The number of halogens is 1. The lowest BCUT2D eigenvalue weighted by molar-refractivity contribution is -0.118. The van der Waals surface area contributed by atoms with Gasteiger partial charge in [0.1, 0.15) is 0 Å². The minimum Gasteiger partial charge on any atom is -0.364 e. The number of nitrogens with one attached hydrogen (secondary N) is 1. The summed E-state index contributed by atoms with van der Waals surface area (Å²) < 4.78 is 1.02. The number of benzene rings is 1. The SMILES string of the molecule is CN1CC(=O)N(C2CCNCC2)c2cc(Br)ccc21. The molecule has 0 atom stereocenters. The van der Waals surface area contributed by atoms with Crippen LogP contribution >= 0.6 is 15.9 Å². The molecule has 2 aliphatic rings. The fraction of sp³-hybridized carbons (Fsp3) is 0.500. The summed E-state index contributed by atoms with van der Waals surface area (Å²) in [6.45, 7) is 2.46. The minimum atomic E-state index is 0.208. The Morgan fingerprint density at radius 1 is 1.26 bits per heavy atom. The maximum Gasteiger partial charge on any atom is 0.246 e. The summed E-state index contributed by atoms with van der Waals surface area (Å²) in [6, 6.07) is 6.51. The van der Waals surface area contributed by atoms with E-state index in [2.05, 4.69) is 33.4 Å². The smallest absolute Gasteiger partial charge is 0.246 e. The average Bonchev–Trinajstić information content (AvgIpc) is 2.39. The predicted octanol–water partition coefficient (Wildman–Crippen LogP) is 1.98. The van der Waals surface area contributed by atoms with E-state index in [0.717, 1.165) is 41.8 Å². The van der Waals surface area contributed by atoms with Gasteiger partial charge in [-0.25, -0.2) is 0 Å². The van der Waals surface area contributed by atoms with Gasteiger partial charge in [0.05, 0.1) is 17.9 Å². The molecule has 2 aliphatic heterocycles. The van der Waals surface area contributed by atoms with Gasteiger partial charge in [0, 0.05) is 17.6 Å². The third kappa shape index (κ3) is 2.37. The molecule has 1 aromatic rings. The summed E-state index contributed by atoms with van der Waals surface area (Å²) in [4.78, 5) is 16.5. The van der Waals surface area contributed by atoms with Gasteiger partial charge in [-0.1, -0.05) is 15.9 Å². The number of nitrogens with zero attached hydrogens (tertiary/aromatic N) is 2. The Labute approximate surface area is 121 Å². The number of fused-ring (bicyclic) bond motifs is 1. The molecule has 1 aromatic carbocycles. The lowest BCUT2D eigenvalue weighted by atomic mass is 10.0. The molecule has 0 spiro atoms. The van der Waals surface area contributed by atoms with Crippen LogP contribution < -0.4 is 15.1 Å². The molecule has 1 amide bonds. The number of amides is 1. The van der Waals surface area contributed by atoms with E-state index in [0.29, 0.717) is 12.6 Å². The Bertz CT molecular complexity index is 499. The van der Waals surface area contributed by atoms with Crippen molar-refractivity contribution in [2.24, 2.45) is 0 Å². The molecular weight excluding hydrogens is 306 g/mol. The predicted molar refractivity (Wildman–Crippen MR) is 80.8 cm³/mol. The van der Waals surface area contributed by atoms with Crippen molar-refractivity contribution in [1.82, 2.24) is 5.32 Å². The molecule has 19 heavy (non-hydrogen) atoms. The first kappa shape index (κ1) is 12.9. The van der Waals surface area contributed by atoms with Crippen molar-refractivity contribution >= 4 is 33.2 Å². The standard InChI is InChI=1S/C14H18BrN3O/c1-17-9-14(19)18(11-4-6-16-7-5-11)13-8-10(15)2-3-12(13)17/h2-3,8,11,16H,4-7,9H2,1H3. The van der Waals surface area contributed by atoms with Crippen molar-refractivity contribution in [2.45, 2.75) is 18.9 Å². The van der Waals surface area contributed by atoms with Gasteiger partial charge in [0.2, 0.25) is 5.91 Å². The Morgan fingerprint density at radius 3 is 2.74 bits per heavy atom. The molecule has 0 saturated carbocycles. The van der Waals surface area contributed by atoms with Crippen molar-refractivity contribution in [1.29, 1.82) is 0 Å². The van der Waals surface area contributed by atoms with E-state index in [1.54, 1.807) is 0 Å². The van der Waals surface area contributed by atoms with Gasteiger partial charge in [-0.05, 0) is 44.1 Å². The number of hydrogen-bond acceptors (Lipinski definition) is 3. The van der Waals surface area contributed by atoms with E-state index in [9.17, 15) is 4.79 Å². The minimum absolute atomic E-state index is 0.208. The van der Waals surface area contributed by atoms with Crippen LogP contribution in [0.1, 0.15) is 12.8 Å². The molecule has 3 rings (SSSR count). The summed E-state index contributed by atoms with van der Waals surface area (Å²) in [5.41, 5.74) is 2.18. The Kier molecular flexibility index (Phi) is 3.50. The summed E-state index contributed by atoms with van der Waals surface area (Å²) in [6.07, 6.45) is 2.06. The first-order chi connectivity index (χ1) is 9.16. The van der Waals surface area contributed by atoms with Crippen LogP contribution in [0.15, 0.2) is 22.7 Å². The maximum absolute atomic E-state index is 12.4. The van der Waals surface area contributed by atoms with E-state index in [4.69, 9.17) is 0 Å². The highest BCUT2D eigenvalue weighted by Crippen LogP contribution is 2.37. The van der Waals surface area contributed by atoms with E-state index in [-0.39, 0.29) is 5.91 Å². The number of likely N-dealkylation sites (N-methyl/N-ethyl adjacent to an activating group) is 1. The summed E-state index contributed by atoms with van der Waals surface area (Å²) in [7, 11) is 1.98. The lowest BCUT2D eigenvalue weighted by Crippen LogP contribution is -2.52. The second-order valence-electron chi connectivity index (χ2n) is 5.23. The van der Waals surface area contributed by atoms with Gasteiger partial charge in [0.15, 0.2) is 0 Å². The van der Waals surface area contributed by atoms with Crippen LogP contribution in [-0.4, -0.2) is 38.6 Å². The Morgan fingerprint density at radius 2 is 2.00 bits per heavy atom. The van der Waals surface area contributed by atoms with E-state index in [1.807, 2.05) is 22.9 Å². The van der Waals surface area contributed by atoms with Crippen LogP contribution in [0.25, 0.3) is 0 Å². The van der Waals surface area contributed by atoms with Gasteiger partial charge >= 0.3 is 0 Å². The van der Waals surface area contributed by atoms with Gasteiger partial charge < -0.3 is 15.1 Å². The zero-order chi connectivity index (χ0) is 13.4. The fourth-order valence-electron chi connectivity index (χ4n) is 2.98. The van der Waals surface area contributed by atoms with Crippen LogP contribution in [0.2, 0.25) is 0 Å². The van der Waals surface area contributed by atoms with Crippen LogP contribution in [0.4, 0.5) is 11.4 Å². The third-order valence-corrected chi connectivity index (χ3v) is 4.42. The van der Waals surface area contributed by atoms with Crippen LogP contribution in [-0.2, 0) is 4.79 Å². The summed E-state index contributed by atoms with van der Waals surface area (Å²) >= 11 is 3.51. The molecule has 5 heteroatoms. The Hall–Kier alpha value is -1.07. The highest BCUT2D eigenvalue weighted by molar-refractivity contribution is 9.10. The highest BCUT2D eigenvalue weighted by atomic mass is 79.9. The normalized spacial score (nSPS) is 20.6. The number of carbonyl (C=O) groups is 1. The first-order valence-corrected chi connectivity index (χ1v) is 7.49. The van der Waals surface area contributed by atoms with Crippen LogP contribution in [0.3, 0.4) is 0 Å². The van der Waals surface area contributed by atoms with Gasteiger partial charge in [-0.15, -0.1) is 0 Å². The molecule has 0 unspecified atom stereocenters. The first-order valence-electron chi connectivity index (χ1n) is 6.70. The number of carbonyl (C=O) groups excluding carboxylic acids is 1. The summed E-state index contributed by atoms with van der Waals surface area (Å²) in [5, 5.41) is 3.36. The number of rotatable bonds is 1. The van der Waals surface area contributed by atoms with Crippen LogP contribution in [0, 0.1) is 0 Å². The highest BCUT2D eigenvalue weighted by Gasteiger charge is 2.33. The molecule has 4 nitrogen and oxygen atoms in total. The molecule has 1 fully saturated rings. The number of anilines is 2. The molecule has 2 heterocycles. The topological polar surface area (TPSA) is 35.6 Å². The van der Waals surface area contributed by atoms with Crippen molar-refractivity contribution < 1.29 is 4.79 Å². The van der Waals surface area contributed by atoms with Gasteiger partial charge in [-0.2, -0.15) is 0 Å².